The molecule has 0 aliphatic carbocycles. The molecule has 0 atom stereocenters. The second kappa shape index (κ2) is 5.00. The summed E-state index contributed by atoms with van der Waals surface area (Å²) in [5.74, 6) is 1.11. The molecule has 7 heteroatoms. The maximum atomic E-state index is 5.75. The van der Waals surface area contributed by atoms with Gasteiger partial charge in [-0.05, 0) is 22.4 Å². The molecule has 6 nitrogen and oxygen atoms in total. The Labute approximate surface area is 118 Å². The van der Waals surface area contributed by atoms with E-state index in [1.54, 1.807) is 12.4 Å². The molecule has 98 valence electrons. The fourth-order valence-corrected chi connectivity index (χ4v) is 2.18. The largest absolute Gasteiger partial charge is 0.433 e. The zero-order valence-corrected chi connectivity index (χ0v) is 11.9. The molecule has 0 aliphatic heterocycles. The summed E-state index contributed by atoms with van der Waals surface area (Å²) in [5, 5.41) is 4.22. The molecule has 3 heterocycles. The van der Waals surface area contributed by atoms with Crippen molar-refractivity contribution in [3.8, 4) is 11.6 Å². The summed E-state index contributed by atoms with van der Waals surface area (Å²) in [5.41, 5.74) is 0.673. The first kappa shape index (κ1) is 12.2. The normalized spacial score (nSPS) is 11.1. The number of nitrogens with zero attached hydrogens (tertiary/aromatic N) is 5. The second-order valence-electron chi connectivity index (χ2n) is 4.07. The molecule has 0 bridgehead atoms. The Hall–Kier alpha value is -1.89. The van der Waals surface area contributed by atoms with Gasteiger partial charge in [0.25, 0.3) is 5.88 Å². The smallest absolute Gasteiger partial charge is 0.265 e. The van der Waals surface area contributed by atoms with Crippen LogP contribution >= 0.6 is 15.9 Å². The van der Waals surface area contributed by atoms with Gasteiger partial charge in [0.05, 0.1) is 12.4 Å². The second-order valence-corrected chi connectivity index (χ2v) is 4.88. The van der Waals surface area contributed by atoms with Crippen LogP contribution in [0.1, 0.15) is 13.3 Å². The van der Waals surface area contributed by atoms with Gasteiger partial charge >= 0.3 is 0 Å². The topological polar surface area (TPSA) is 57.2 Å². The fourth-order valence-electron chi connectivity index (χ4n) is 1.80. The van der Waals surface area contributed by atoms with E-state index in [1.165, 1.54) is 0 Å². The minimum atomic E-state index is 0.454. The third-order valence-corrected chi connectivity index (χ3v) is 2.97. The van der Waals surface area contributed by atoms with Crippen LogP contribution in [-0.4, -0.2) is 24.1 Å². The van der Waals surface area contributed by atoms with Crippen molar-refractivity contribution in [3.63, 3.8) is 0 Å². The lowest BCUT2D eigenvalue weighted by atomic mass is 10.5. The molecule has 0 N–H and O–H groups in total. The van der Waals surface area contributed by atoms with Crippen molar-refractivity contribution >= 4 is 21.6 Å². The van der Waals surface area contributed by atoms with Gasteiger partial charge in [-0.15, -0.1) is 0 Å². The van der Waals surface area contributed by atoms with Crippen LogP contribution in [-0.2, 0) is 6.54 Å². The van der Waals surface area contributed by atoms with Crippen LogP contribution in [0.25, 0.3) is 5.65 Å². The van der Waals surface area contributed by atoms with E-state index in [0.717, 1.165) is 13.0 Å². The first-order valence-corrected chi connectivity index (χ1v) is 6.75. The number of rotatable bonds is 4. The zero-order chi connectivity index (χ0) is 13.2. The van der Waals surface area contributed by atoms with Gasteiger partial charge in [0.1, 0.15) is 4.60 Å². The monoisotopic (exact) mass is 321 g/mol. The zero-order valence-electron chi connectivity index (χ0n) is 10.3. The van der Waals surface area contributed by atoms with Crippen LogP contribution in [0.5, 0.6) is 11.6 Å². The molecule has 0 spiro atoms. The van der Waals surface area contributed by atoms with Crippen LogP contribution in [0, 0.1) is 0 Å². The Morgan fingerprint density at radius 1 is 1.37 bits per heavy atom. The van der Waals surface area contributed by atoms with Gasteiger partial charge < -0.3 is 4.74 Å². The summed E-state index contributed by atoms with van der Waals surface area (Å²) < 4.78 is 10.1. The molecule has 0 unspecified atom stereocenters. The third kappa shape index (κ3) is 2.46. The lowest BCUT2D eigenvalue weighted by Crippen LogP contribution is -1.96. The molecule has 0 saturated heterocycles. The molecule has 3 aromatic rings. The number of aromatic nitrogens is 5. The number of halogens is 1. The summed E-state index contributed by atoms with van der Waals surface area (Å²) in [6.45, 7) is 2.97. The van der Waals surface area contributed by atoms with Crippen molar-refractivity contribution in [2.24, 2.45) is 0 Å². The van der Waals surface area contributed by atoms with E-state index in [9.17, 15) is 0 Å². The number of ether oxygens (including phenoxy) is 1. The molecular formula is C12H12BrN5O. The molecule has 0 saturated carbocycles. The van der Waals surface area contributed by atoms with Gasteiger partial charge in [-0.1, -0.05) is 6.92 Å². The van der Waals surface area contributed by atoms with Crippen molar-refractivity contribution in [1.82, 2.24) is 24.1 Å². The maximum Gasteiger partial charge on any atom is 0.265 e. The van der Waals surface area contributed by atoms with Crippen LogP contribution in [0.3, 0.4) is 0 Å². The molecule has 3 rings (SSSR count). The summed E-state index contributed by atoms with van der Waals surface area (Å²) in [6.07, 6.45) is 9.94. The molecule has 19 heavy (non-hydrogen) atoms. The molecule has 0 fully saturated rings. The summed E-state index contributed by atoms with van der Waals surface area (Å²) in [6, 6.07) is 0. The first-order chi connectivity index (χ1) is 9.26. The van der Waals surface area contributed by atoms with E-state index in [0.29, 0.717) is 21.9 Å². The van der Waals surface area contributed by atoms with E-state index >= 15 is 0 Å². The fraction of sp³-hybridized carbons (Fsp3) is 0.250. The Balaban J connectivity index is 1.93. The maximum absolute atomic E-state index is 5.75. The van der Waals surface area contributed by atoms with Gasteiger partial charge in [0.15, 0.2) is 5.75 Å². The quantitative estimate of drug-likeness (QED) is 0.741. The molecular weight excluding hydrogens is 310 g/mol. The van der Waals surface area contributed by atoms with Crippen molar-refractivity contribution in [1.29, 1.82) is 0 Å². The van der Waals surface area contributed by atoms with E-state index in [4.69, 9.17) is 4.74 Å². The van der Waals surface area contributed by atoms with Crippen LogP contribution < -0.4 is 4.74 Å². The van der Waals surface area contributed by atoms with Gasteiger partial charge in [0.2, 0.25) is 5.65 Å². The minimum absolute atomic E-state index is 0.454. The predicted molar refractivity (Wildman–Crippen MR) is 73.3 cm³/mol. The lowest BCUT2D eigenvalue weighted by Gasteiger charge is -2.04. The standard InChI is InChI=1S/C12H12BrN5O/c1-2-4-18-7-9(6-15-18)19-12-11-14-3-5-17(11)8-10(13)16-12/h3,5-8H,2,4H2,1H3. The van der Waals surface area contributed by atoms with Gasteiger partial charge in [-0.25, -0.2) is 9.97 Å². The highest BCUT2D eigenvalue weighted by Crippen LogP contribution is 2.24. The lowest BCUT2D eigenvalue weighted by molar-refractivity contribution is 0.462. The van der Waals surface area contributed by atoms with Gasteiger partial charge in [-0.2, -0.15) is 5.10 Å². The summed E-state index contributed by atoms with van der Waals surface area (Å²) >= 11 is 3.35. The average molecular weight is 322 g/mol. The predicted octanol–water partition coefficient (Wildman–Crippen LogP) is 2.89. The average Bonchev–Trinajstić information content (AvgIpc) is 2.98. The highest BCUT2D eigenvalue weighted by molar-refractivity contribution is 9.10. The Bertz CT molecular complexity index is 705. The number of imidazole rings is 1. The van der Waals surface area contributed by atoms with Crippen molar-refractivity contribution in [3.05, 3.63) is 35.6 Å². The van der Waals surface area contributed by atoms with Crippen molar-refractivity contribution in [2.75, 3.05) is 0 Å². The van der Waals surface area contributed by atoms with Crippen molar-refractivity contribution < 1.29 is 4.74 Å². The SMILES string of the molecule is CCCn1cc(Oc2nc(Br)cn3ccnc23)cn1. The molecule has 0 radical (unpaired) electrons. The van der Waals surface area contributed by atoms with E-state index in [1.807, 2.05) is 27.7 Å². The highest BCUT2D eigenvalue weighted by atomic mass is 79.9. The van der Waals surface area contributed by atoms with Gasteiger partial charge in [0, 0.05) is 25.1 Å². The van der Waals surface area contributed by atoms with Crippen LogP contribution in [0.2, 0.25) is 0 Å². The Morgan fingerprint density at radius 2 is 2.26 bits per heavy atom. The number of hydrogen-bond acceptors (Lipinski definition) is 4. The van der Waals surface area contributed by atoms with E-state index in [2.05, 4.69) is 37.9 Å². The van der Waals surface area contributed by atoms with Gasteiger partial charge in [-0.3, -0.25) is 9.08 Å². The summed E-state index contributed by atoms with van der Waals surface area (Å²) in [4.78, 5) is 8.52. The molecule has 0 amide bonds. The number of fused-ring (bicyclic) bond motifs is 1. The molecule has 0 aromatic carbocycles. The Kier molecular flexibility index (Phi) is 3.20. The summed E-state index contributed by atoms with van der Waals surface area (Å²) in [7, 11) is 0. The van der Waals surface area contributed by atoms with Crippen LogP contribution in [0.15, 0.2) is 35.6 Å². The highest BCUT2D eigenvalue weighted by Gasteiger charge is 2.10. The Morgan fingerprint density at radius 3 is 3.11 bits per heavy atom. The third-order valence-electron chi connectivity index (χ3n) is 2.59. The van der Waals surface area contributed by atoms with Crippen LogP contribution in [0.4, 0.5) is 0 Å². The van der Waals surface area contributed by atoms with E-state index in [-0.39, 0.29) is 0 Å². The van der Waals surface area contributed by atoms with Crippen molar-refractivity contribution in [2.45, 2.75) is 19.9 Å². The minimum Gasteiger partial charge on any atom is -0.433 e. The number of hydrogen-bond donors (Lipinski definition) is 0. The molecule has 0 aliphatic rings. The van der Waals surface area contributed by atoms with E-state index < -0.39 is 0 Å². The first-order valence-electron chi connectivity index (χ1n) is 5.96. The molecule has 3 aromatic heterocycles. The number of aryl methyl sites for hydroxylation is 1.